The van der Waals surface area contributed by atoms with Gasteiger partial charge in [0.25, 0.3) is 0 Å². The Morgan fingerprint density at radius 3 is 2.79 bits per heavy atom. The Labute approximate surface area is 114 Å². The number of carbonyl (C=O) groups excluding carboxylic acids is 1. The molecule has 0 bridgehead atoms. The lowest BCUT2D eigenvalue weighted by molar-refractivity contribution is -0.137. The molecule has 2 rings (SSSR count). The normalized spacial score (nSPS) is 16.3. The molecule has 1 amide bonds. The number of ether oxygens (including phenoxy) is 1. The van der Waals surface area contributed by atoms with Crippen LogP contribution in [0.15, 0.2) is 24.5 Å². The van der Waals surface area contributed by atoms with Crippen LogP contribution in [0.2, 0.25) is 0 Å². The van der Waals surface area contributed by atoms with Crippen molar-refractivity contribution in [3.05, 3.63) is 30.1 Å². The van der Waals surface area contributed by atoms with Crippen LogP contribution in [0, 0.1) is 0 Å². The molecule has 5 nitrogen and oxygen atoms in total. The van der Waals surface area contributed by atoms with E-state index >= 15 is 0 Å². The van der Waals surface area contributed by atoms with Crippen LogP contribution in [0.3, 0.4) is 0 Å². The molecule has 19 heavy (non-hydrogen) atoms. The first-order valence-electron chi connectivity index (χ1n) is 6.71. The smallest absolute Gasteiger partial charge is 0.248 e. The zero-order valence-electron chi connectivity index (χ0n) is 11.3. The summed E-state index contributed by atoms with van der Waals surface area (Å²) in [5.74, 6) is 0.0235. The first-order chi connectivity index (χ1) is 9.25. The molecule has 1 N–H and O–H groups in total. The maximum atomic E-state index is 12.0. The van der Waals surface area contributed by atoms with E-state index in [0.29, 0.717) is 6.54 Å². The van der Waals surface area contributed by atoms with E-state index in [9.17, 15) is 4.79 Å². The van der Waals surface area contributed by atoms with Gasteiger partial charge in [0.2, 0.25) is 5.91 Å². The second kappa shape index (κ2) is 7.21. The third kappa shape index (κ3) is 4.61. The van der Waals surface area contributed by atoms with Gasteiger partial charge in [-0.2, -0.15) is 0 Å². The van der Waals surface area contributed by atoms with E-state index in [1.165, 1.54) is 0 Å². The highest BCUT2D eigenvalue weighted by Gasteiger charge is 2.16. The minimum Gasteiger partial charge on any atom is -0.368 e. The van der Waals surface area contributed by atoms with Crippen molar-refractivity contribution < 1.29 is 9.53 Å². The predicted molar refractivity (Wildman–Crippen MR) is 72.6 cm³/mol. The Bertz CT molecular complexity index is 391. The number of hydrogen-bond donors (Lipinski definition) is 1. The number of nitrogens with zero attached hydrogens (tertiary/aromatic N) is 2. The van der Waals surface area contributed by atoms with E-state index in [1.54, 1.807) is 24.3 Å². The van der Waals surface area contributed by atoms with Gasteiger partial charge in [-0.05, 0) is 43.6 Å². The van der Waals surface area contributed by atoms with Gasteiger partial charge in [0.1, 0.15) is 6.61 Å². The lowest BCUT2D eigenvalue weighted by Gasteiger charge is -2.24. The largest absolute Gasteiger partial charge is 0.368 e. The minimum absolute atomic E-state index is 0.0235. The molecule has 0 aromatic carbocycles. The topological polar surface area (TPSA) is 54.5 Å². The number of hydrogen-bond acceptors (Lipinski definition) is 4. The van der Waals surface area contributed by atoms with Gasteiger partial charge < -0.3 is 15.0 Å². The Morgan fingerprint density at radius 1 is 1.42 bits per heavy atom. The lowest BCUT2D eigenvalue weighted by Crippen LogP contribution is -2.36. The third-order valence-electron chi connectivity index (χ3n) is 3.32. The maximum absolute atomic E-state index is 12.0. The van der Waals surface area contributed by atoms with E-state index in [0.717, 1.165) is 31.5 Å². The number of carbonyl (C=O) groups is 1. The fourth-order valence-corrected chi connectivity index (χ4v) is 2.11. The molecule has 1 fully saturated rings. The van der Waals surface area contributed by atoms with Crippen LogP contribution in [-0.4, -0.2) is 48.6 Å². The molecule has 104 valence electrons. The zero-order valence-corrected chi connectivity index (χ0v) is 11.3. The van der Waals surface area contributed by atoms with Crippen LogP contribution in [0.5, 0.6) is 0 Å². The summed E-state index contributed by atoms with van der Waals surface area (Å²) < 4.78 is 5.66. The van der Waals surface area contributed by atoms with Crippen LogP contribution in [-0.2, 0) is 16.1 Å². The minimum atomic E-state index is 0.0235. The van der Waals surface area contributed by atoms with Crippen molar-refractivity contribution in [1.29, 1.82) is 0 Å². The van der Waals surface area contributed by atoms with Crippen molar-refractivity contribution in [2.75, 3.05) is 26.7 Å². The van der Waals surface area contributed by atoms with Gasteiger partial charge in [-0.25, -0.2) is 0 Å². The van der Waals surface area contributed by atoms with Crippen molar-refractivity contribution >= 4 is 5.91 Å². The molecular weight excluding hydrogens is 242 g/mol. The van der Waals surface area contributed by atoms with Gasteiger partial charge in [0, 0.05) is 26.0 Å². The van der Waals surface area contributed by atoms with Crippen LogP contribution >= 0.6 is 0 Å². The molecule has 1 aromatic heterocycles. The summed E-state index contributed by atoms with van der Waals surface area (Å²) in [5.41, 5.74) is 1.08. The van der Waals surface area contributed by atoms with Gasteiger partial charge >= 0.3 is 0 Å². The number of pyridine rings is 1. The number of amides is 1. The molecular formula is C14H21N3O2. The second-order valence-electron chi connectivity index (χ2n) is 4.87. The van der Waals surface area contributed by atoms with Crippen molar-refractivity contribution in [2.24, 2.45) is 0 Å². The van der Waals surface area contributed by atoms with Crippen molar-refractivity contribution in [1.82, 2.24) is 15.2 Å². The Balaban J connectivity index is 1.73. The SMILES string of the molecule is CN(Cc1ccncc1)C(=O)COC1CCNCC1. The van der Waals surface area contributed by atoms with E-state index < -0.39 is 0 Å². The fraction of sp³-hybridized carbons (Fsp3) is 0.571. The van der Waals surface area contributed by atoms with Crippen molar-refractivity contribution in [3.8, 4) is 0 Å². The van der Waals surface area contributed by atoms with Gasteiger partial charge in [-0.15, -0.1) is 0 Å². The van der Waals surface area contributed by atoms with E-state index in [4.69, 9.17) is 4.74 Å². The molecule has 0 aliphatic carbocycles. The molecule has 0 atom stereocenters. The summed E-state index contributed by atoms with van der Waals surface area (Å²) in [6.07, 6.45) is 5.67. The Kier molecular flexibility index (Phi) is 5.30. The van der Waals surface area contributed by atoms with Crippen LogP contribution < -0.4 is 5.32 Å². The molecule has 1 aliphatic heterocycles. The fourth-order valence-electron chi connectivity index (χ4n) is 2.11. The molecule has 1 saturated heterocycles. The molecule has 1 aliphatic rings. The number of nitrogens with one attached hydrogen (secondary N) is 1. The summed E-state index contributed by atoms with van der Waals surface area (Å²) in [6, 6.07) is 3.83. The lowest BCUT2D eigenvalue weighted by atomic mass is 10.1. The number of rotatable bonds is 5. The zero-order chi connectivity index (χ0) is 13.5. The molecule has 0 radical (unpaired) electrons. The summed E-state index contributed by atoms with van der Waals surface area (Å²) in [4.78, 5) is 17.6. The van der Waals surface area contributed by atoms with Gasteiger partial charge in [0.15, 0.2) is 0 Å². The van der Waals surface area contributed by atoms with Crippen LogP contribution in [0.4, 0.5) is 0 Å². The molecule has 0 spiro atoms. The number of aromatic nitrogens is 1. The summed E-state index contributed by atoms with van der Waals surface area (Å²) >= 11 is 0. The first-order valence-corrected chi connectivity index (χ1v) is 6.71. The second-order valence-corrected chi connectivity index (χ2v) is 4.87. The highest BCUT2D eigenvalue weighted by molar-refractivity contribution is 5.77. The summed E-state index contributed by atoms with van der Waals surface area (Å²) in [7, 11) is 1.80. The highest BCUT2D eigenvalue weighted by atomic mass is 16.5. The van der Waals surface area contributed by atoms with Gasteiger partial charge in [-0.1, -0.05) is 0 Å². The van der Waals surface area contributed by atoms with Crippen LogP contribution in [0.25, 0.3) is 0 Å². The average Bonchev–Trinajstić information content (AvgIpc) is 2.47. The molecule has 2 heterocycles. The maximum Gasteiger partial charge on any atom is 0.248 e. The van der Waals surface area contributed by atoms with E-state index in [-0.39, 0.29) is 18.6 Å². The quantitative estimate of drug-likeness (QED) is 0.854. The molecule has 1 aromatic rings. The van der Waals surface area contributed by atoms with Crippen molar-refractivity contribution in [3.63, 3.8) is 0 Å². The number of piperidine rings is 1. The Morgan fingerprint density at radius 2 is 2.11 bits per heavy atom. The van der Waals surface area contributed by atoms with Crippen molar-refractivity contribution in [2.45, 2.75) is 25.5 Å². The summed E-state index contributed by atoms with van der Waals surface area (Å²) in [6.45, 7) is 2.72. The molecule has 0 unspecified atom stereocenters. The standard InChI is InChI=1S/C14H21N3O2/c1-17(10-12-2-6-15-7-3-12)14(18)11-19-13-4-8-16-9-5-13/h2-3,6-7,13,16H,4-5,8-11H2,1H3. The number of likely N-dealkylation sites (N-methyl/N-ethyl adjacent to an activating group) is 1. The first kappa shape index (κ1) is 14.0. The monoisotopic (exact) mass is 263 g/mol. The highest BCUT2D eigenvalue weighted by Crippen LogP contribution is 2.08. The van der Waals surface area contributed by atoms with Gasteiger partial charge in [-0.3, -0.25) is 9.78 Å². The summed E-state index contributed by atoms with van der Waals surface area (Å²) in [5, 5.41) is 3.28. The molecule has 5 heteroatoms. The average molecular weight is 263 g/mol. The third-order valence-corrected chi connectivity index (χ3v) is 3.32. The predicted octanol–water partition coefficient (Wildman–Crippen LogP) is 0.809. The Hall–Kier alpha value is -1.46. The van der Waals surface area contributed by atoms with Gasteiger partial charge in [0.05, 0.1) is 6.10 Å². The van der Waals surface area contributed by atoms with E-state index in [1.807, 2.05) is 12.1 Å². The van der Waals surface area contributed by atoms with E-state index in [2.05, 4.69) is 10.3 Å². The van der Waals surface area contributed by atoms with Crippen LogP contribution in [0.1, 0.15) is 18.4 Å². The molecule has 0 saturated carbocycles.